The van der Waals surface area contributed by atoms with E-state index in [1.165, 1.54) is 12.1 Å². The molecule has 2 rings (SSSR count). The molecule has 0 aliphatic heterocycles. The smallest absolute Gasteiger partial charge is 0.149 e. The van der Waals surface area contributed by atoms with E-state index in [2.05, 4.69) is 5.10 Å². The molecule has 108 valence electrons. The lowest BCUT2D eigenvalue weighted by Crippen LogP contribution is -2.06. The van der Waals surface area contributed by atoms with Crippen LogP contribution in [0.2, 0.25) is 5.02 Å². The quantitative estimate of drug-likeness (QED) is 0.860. The summed E-state index contributed by atoms with van der Waals surface area (Å²) >= 11 is 6.27. The van der Waals surface area contributed by atoms with Crippen LogP contribution in [0.15, 0.2) is 18.2 Å². The molecular weight excluding hydrogens is 281 g/mol. The first kappa shape index (κ1) is 14.7. The summed E-state index contributed by atoms with van der Waals surface area (Å²) in [5.41, 5.74) is 7.16. The average molecular weight is 298 g/mol. The van der Waals surface area contributed by atoms with Gasteiger partial charge < -0.3 is 10.5 Å². The lowest BCUT2D eigenvalue weighted by Gasteiger charge is -2.09. The molecule has 0 bridgehead atoms. The molecule has 4 nitrogen and oxygen atoms in total. The van der Waals surface area contributed by atoms with Crippen LogP contribution in [0.4, 0.5) is 10.1 Å². The van der Waals surface area contributed by atoms with Crippen molar-refractivity contribution in [1.82, 2.24) is 9.78 Å². The third-order valence-corrected chi connectivity index (χ3v) is 3.48. The number of nitrogen functional groups attached to an aromatic ring is 1. The zero-order chi connectivity index (χ0) is 14.7. The van der Waals surface area contributed by atoms with Crippen LogP contribution >= 0.6 is 11.6 Å². The van der Waals surface area contributed by atoms with E-state index in [9.17, 15) is 4.39 Å². The minimum atomic E-state index is -0.494. The Balaban J connectivity index is 2.17. The molecule has 0 aliphatic carbocycles. The largest absolute Gasteiger partial charge is 0.487 e. The Bertz CT molecular complexity index is 613. The van der Waals surface area contributed by atoms with Crippen LogP contribution in [0.5, 0.6) is 5.75 Å². The summed E-state index contributed by atoms with van der Waals surface area (Å²) in [5, 5.41) is 5.02. The molecule has 1 aromatic heterocycles. The molecule has 6 heteroatoms. The minimum absolute atomic E-state index is 0.0993. The van der Waals surface area contributed by atoms with Crippen LogP contribution in [0.25, 0.3) is 0 Å². The topological polar surface area (TPSA) is 53.1 Å². The van der Waals surface area contributed by atoms with Gasteiger partial charge in [0, 0.05) is 12.6 Å². The number of hydrogen-bond donors (Lipinski definition) is 1. The van der Waals surface area contributed by atoms with Crippen LogP contribution in [0.1, 0.15) is 25.2 Å². The van der Waals surface area contributed by atoms with Crippen LogP contribution in [-0.2, 0) is 19.6 Å². The summed E-state index contributed by atoms with van der Waals surface area (Å²) in [4.78, 5) is 0. The Kier molecular flexibility index (Phi) is 4.49. The highest BCUT2D eigenvalue weighted by Crippen LogP contribution is 2.24. The fraction of sp³-hybridized carbons (Fsp3) is 0.357. The van der Waals surface area contributed by atoms with E-state index >= 15 is 0 Å². The van der Waals surface area contributed by atoms with E-state index < -0.39 is 5.82 Å². The molecule has 0 radical (unpaired) electrons. The van der Waals surface area contributed by atoms with Gasteiger partial charge in [-0.2, -0.15) is 5.10 Å². The van der Waals surface area contributed by atoms with E-state index in [1.807, 2.05) is 13.8 Å². The van der Waals surface area contributed by atoms with Gasteiger partial charge in [0.1, 0.15) is 18.2 Å². The SMILES string of the molecule is CCc1nn(CC)c(COc2ccc(N)c(F)c2)c1Cl. The molecule has 0 spiro atoms. The highest BCUT2D eigenvalue weighted by molar-refractivity contribution is 6.31. The van der Waals surface area contributed by atoms with Crippen molar-refractivity contribution in [2.24, 2.45) is 0 Å². The number of aromatic nitrogens is 2. The normalized spacial score (nSPS) is 10.8. The van der Waals surface area contributed by atoms with Crippen molar-refractivity contribution in [3.63, 3.8) is 0 Å². The Morgan fingerprint density at radius 3 is 2.75 bits per heavy atom. The van der Waals surface area contributed by atoms with Crippen molar-refractivity contribution in [3.8, 4) is 5.75 Å². The first-order valence-corrected chi connectivity index (χ1v) is 6.86. The summed E-state index contributed by atoms with van der Waals surface area (Å²) in [6, 6.07) is 4.36. The molecule has 1 aromatic carbocycles. The third kappa shape index (κ3) is 2.88. The van der Waals surface area contributed by atoms with Gasteiger partial charge in [-0.1, -0.05) is 18.5 Å². The second kappa shape index (κ2) is 6.13. The number of benzene rings is 1. The van der Waals surface area contributed by atoms with Gasteiger partial charge in [0.15, 0.2) is 0 Å². The molecule has 0 saturated heterocycles. The molecule has 0 fully saturated rings. The maximum Gasteiger partial charge on any atom is 0.149 e. The van der Waals surface area contributed by atoms with Gasteiger partial charge in [0.05, 0.1) is 22.1 Å². The lowest BCUT2D eigenvalue weighted by atomic mass is 10.3. The summed E-state index contributed by atoms with van der Waals surface area (Å²) in [7, 11) is 0. The number of halogens is 2. The van der Waals surface area contributed by atoms with Crippen molar-refractivity contribution < 1.29 is 9.13 Å². The van der Waals surface area contributed by atoms with Crippen molar-refractivity contribution in [2.45, 2.75) is 33.4 Å². The fourth-order valence-corrected chi connectivity index (χ4v) is 2.23. The van der Waals surface area contributed by atoms with E-state index in [4.69, 9.17) is 22.1 Å². The second-order valence-corrected chi connectivity index (χ2v) is 4.73. The number of aryl methyl sites for hydroxylation is 2. The Hall–Kier alpha value is -1.75. The number of rotatable bonds is 5. The summed E-state index contributed by atoms with van der Waals surface area (Å²) in [6.45, 7) is 4.92. The van der Waals surface area contributed by atoms with Crippen LogP contribution < -0.4 is 10.5 Å². The predicted octanol–water partition coefficient (Wildman–Crippen LogP) is 3.42. The van der Waals surface area contributed by atoms with E-state index in [1.54, 1.807) is 10.7 Å². The number of anilines is 1. The Labute approximate surface area is 122 Å². The van der Waals surface area contributed by atoms with Crippen molar-refractivity contribution >= 4 is 17.3 Å². The van der Waals surface area contributed by atoms with Crippen LogP contribution in [-0.4, -0.2) is 9.78 Å². The Morgan fingerprint density at radius 1 is 1.40 bits per heavy atom. The maximum atomic E-state index is 13.3. The fourth-order valence-electron chi connectivity index (χ4n) is 1.90. The third-order valence-electron chi connectivity index (χ3n) is 3.04. The molecule has 0 atom stereocenters. The monoisotopic (exact) mass is 297 g/mol. The Morgan fingerprint density at radius 2 is 2.15 bits per heavy atom. The second-order valence-electron chi connectivity index (χ2n) is 4.35. The van der Waals surface area contributed by atoms with Crippen molar-refractivity contribution in [3.05, 3.63) is 40.4 Å². The van der Waals surface area contributed by atoms with Gasteiger partial charge in [0.25, 0.3) is 0 Å². The number of ether oxygens (including phenoxy) is 1. The highest BCUT2D eigenvalue weighted by atomic mass is 35.5. The lowest BCUT2D eigenvalue weighted by molar-refractivity contribution is 0.291. The molecule has 2 aromatic rings. The molecular formula is C14H17ClFN3O. The average Bonchev–Trinajstić information content (AvgIpc) is 2.76. The maximum absolute atomic E-state index is 13.3. The first-order chi connectivity index (χ1) is 9.56. The number of nitrogens with zero attached hydrogens (tertiary/aromatic N) is 2. The highest BCUT2D eigenvalue weighted by Gasteiger charge is 2.15. The first-order valence-electron chi connectivity index (χ1n) is 6.48. The minimum Gasteiger partial charge on any atom is -0.487 e. The number of hydrogen-bond acceptors (Lipinski definition) is 3. The zero-order valence-corrected chi connectivity index (χ0v) is 12.2. The molecule has 1 heterocycles. The summed E-state index contributed by atoms with van der Waals surface area (Å²) in [5.74, 6) is -0.0819. The summed E-state index contributed by atoms with van der Waals surface area (Å²) in [6.07, 6.45) is 0.759. The molecule has 0 aliphatic rings. The van der Waals surface area contributed by atoms with Crippen molar-refractivity contribution in [2.75, 3.05) is 5.73 Å². The van der Waals surface area contributed by atoms with Crippen LogP contribution in [0, 0.1) is 5.82 Å². The van der Waals surface area contributed by atoms with Crippen LogP contribution in [0.3, 0.4) is 0 Å². The van der Waals surface area contributed by atoms with E-state index in [0.29, 0.717) is 17.3 Å². The molecule has 2 N–H and O–H groups in total. The predicted molar refractivity (Wildman–Crippen MR) is 77.4 cm³/mol. The van der Waals surface area contributed by atoms with Gasteiger partial charge in [-0.3, -0.25) is 4.68 Å². The van der Waals surface area contributed by atoms with Gasteiger partial charge in [0.2, 0.25) is 0 Å². The molecule has 0 amide bonds. The molecule has 0 unspecified atom stereocenters. The van der Waals surface area contributed by atoms with E-state index in [-0.39, 0.29) is 12.3 Å². The molecule has 0 saturated carbocycles. The van der Waals surface area contributed by atoms with Crippen molar-refractivity contribution in [1.29, 1.82) is 0 Å². The standard InChI is InChI=1S/C14H17ClFN3O/c1-3-12-14(15)13(19(4-2)18-12)8-20-9-5-6-11(17)10(16)7-9/h5-7H,3-4,8,17H2,1-2H3. The van der Waals surface area contributed by atoms with E-state index in [0.717, 1.165) is 17.8 Å². The van der Waals surface area contributed by atoms with Gasteiger partial charge in [-0.25, -0.2) is 4.39 Å². The zero-order valence-electron chi connectivity index (χ0n) is 11.5. The van der Waals surface area contributed by atoms with Gasteiger partial charge >= 0.3 is 0 Å². The summed E-state index contributed by atoms with van der Waals surface area (Å²) < 4.78 is 20.7. The van der Waals surface area contributed by atoms with Gasteiger partial charge in [-0.15, -0.1) is 0 Å². The molecule has 20 heavy (non-hydrogen) atoms. The van der Waals surface area contributed by atoms with Gasteiger partial charge in [-0.05, 0) is 25.5 Å². The number of nitrogens with two attached hydrogens (primary N) is 1.